The van der Waals surface area contributed by atoms with E-state index in [-0.39, 0.29) is 22.6 Å². The Kier molecular flexibility index (Phi) is 10.1. The molecule has 10 nitrogen and oxygen atoms in total. The van der Waals surface area contributed by atoms with E-state index in [2.05, 4.69) is 9.47 Å². The molecular formula is C22H16N2O8. The van der Waals surface area contributed by atoms with Crippen LogP contribution in [0.4, 0.5) is 0 Å². The fourth-order valence-electron chi connectivity index (χ4n) is 1.89. The van der Waals surface area contributed by atoms with Gasteiger partial charge >= 0.3 is 11.9 Å². The quantitative estimate of drug-likeness (QED) is 0.348. The first-order chi connectivity index (χ1) is 15.3. The predicted octanol–water partition coefficient (Wildman–Crippen LogP) is 3.59. The van der Waals surface area contributed by atoms with Crippen LogP contribution in [0.25, 0.3) is 0 Å². The van der Waals surface area contributed by atoms with Crippen molar-refractivity contribution in [3.8, 4) is 35.5 Å². The van der Waals surface area contributed by atoms with Gasteiger partial charge < -0.3 is 29.9 Å². The summed E-state index contributed by atoms with van der Waals surface area (Å²) in [5, 5.41) is 50.5. The van der Waals surface area contributed by atoms with Crippen molar-refractivity contribution in [1.29, 1.82) is 10.5 Å². The Hall–Kier alpha value is -5.22. The number of aromatic hydroxyl groups is 2. The molecule has 32 heavy (non-hydrogen) atoms. The number of carboxylic acid groups (broad SMARTS) is 2. The number of hydrogen-bond donors (Lipinski definition) is 4. The summed E-state index contributed by atoms with van der Waals surface area (Å²) in [5.74, 6) is -0.993. The van der Waals surface area contributed by atoms with Crippen LogP contribution in [-0.4, -0.2) is 32.4 Å². The fourth-order valence-corrected chi connectivity index (χ4v) is 1.89. The lowest BCUT2D eigenvalue weighted by molar-refractivity contribution is 0.0686. The second kappa shape index (κ2) is 13.1. The molecule has 3 aromatic carbocycles. The predicted molar refractivity (Wildman–Crippen MR) is 109 cm³/mol. The van der Waals surface area contributed by atoms with Crippen molar-refractivity contribution in [2.75, 3.05) is 0 Å². The van der Waals surface area contributed by atoms with E-state index in [0.29, 0.717) is 11.5 Å². The van der Waals surface area contributed by atoms with Gasteiger partial charge in [-0.2, -0.15) is 0 Å². The number of hydrogen-bond acceptors (Lipinski definition) is 8. The standard InChI is InChI=1S/2C8H5NO3.C6H6O2/c2*9-5-12-7-3-1-6(2-4-7)8(10)11;7-5-1-2-6(8)4-3-5/h2*1-4H,(H,10,11);1-4,7-8H. The fraction of sp³-hybridized carbons (Fsp3) is 0. The molecule has 162 valence electrons. The Morgan fingerprint density at radius 2 is 0.875 bits per heavy atom. The molecule has 10 heteroatoms. The first-order valence-electron chi connectivity index (χ1n) is 8.53. The highest BCUT2D eigenvalue weighted by Gasteiger charge is 2.02. The molecule has 3 aromatic rings. The minimum atomic E-state index is -1.00. The molecule has 0 fully saturated rings. The van der Waals surface area contributed by atoms with Gasteiger partial charge in [0.25, 0.3) is 12.5 Å². The highest BCUT2D eigenvalue weighted by atomic mass is 16.5. The number of phenolic OH excluding ortho intramolecular Hbond substituents is 2. The maximum Gasteiger partial charge on any atom is 0.335 e. The number of nitriles is 2. The lowest BCUT2D eigenvalue weighted by Crippen LogP contribution is -1.94. The van der Waals surface area contributed by atoms with Crippen molar-refractivity contribution in [1.82, 2.24) is 0 Å². The molecule has 0 saturated heterocycles. The normalized spacial score (nSPS) is 8.69. The summed E-state index contributed by atoms with van der Waals surface area (Å²) >= 11 is 0. The van der Waals surface area contributed by atoms with E-state index < -0.39 is 11.9 Å². The molecule has 4 N–H and O–H groups in total. The van der Waals surface area contributed by atoms with Crippen LogP contribution in [0, 0.1) is 23.0 Å². The molecule has 0 heterocycles. The van der Waals surface area contributed by atoms with Gasteiger partial charge in [-0.15, -0.1) is 10.5 Å². The van der Waals surface area contributed by atoms with E-state index >= 15 is 0 Å². The van der Waals surface area contributed by atoms with E-state index in [9.17, 15) is 9.59 Å². The molecule has 0 spiro atoms. The second-order valence-corrected chi connectivity index (χ2v) is 5.56. The Morgan fingerprint density at radius 3 is 1.09 bits per heavy atom. The van der Waals surface area contributed by atoms with Crippen LogP contribution in [0.5, 0.6) is 23.0 Å². The molecule has 0 aliphatic carbocycles. The summed E-state index contributed by atoms with van der Waals surface area (Å²) in [6.07, 6.45) is 2.97. The summed E-state index contributed by atoms with van der Waals surface area (Å²) < 4.78 is 8.91. The smallest absolute Gasteiger partial charge is 0.335 e. The largest absolute Gasteiger partial charge is 0.508 e. The minimum absolute atomic E-state index is 0.167. The van der Waals surface area contributed by atoms with Crippen molar-refractivity contribution < 1.29 is 39.5 Å². The highest BCUT2D eigenvalue weighted by molar-refractivity contribution is 5.88. The van der Waals surface area contributed by atoms with E-state index in [1.54, 1.807) is 0 Å². The van der Waals surface area contributed by atoms with Gasteiger partial charge in [0.2, 0.25) is 0 Å². The summed E-state index contributed by atoms with van der Waals surface area (Å²) in [6, 6.07) is 16.9. The second-order valence-electron chi connectivity index (χ2n) is 5.56. The Labute approximate surface area is 182 Å². The molecule has 0 aromatic heterocycles. The SMILES string of the molecule is N#COc1ccc(C(=O)O)cc1.N#COc1ccc(C(=O)O)cc1.Oc1ccc(O)cc1. The van der Waals surface area contributed by atoms with Crippen LogP contribution in [-0.2, 0) is 0 Å². The number of rotatable bonds is 4. The van der Waals surface area contributed by atoms with Crippen molar-refractivity contribution in [2.24, 2.45) is 0 Å². The van der Waals surface area contributed by atoms with Gasteiger partial charge in [-0.25, -0.2) is 9.59 Å². The van der Waals surface area contributed by atoms with E-state index in [0.717, 1.165) is 0 Å². The molecule has 0 atom stereocenters. The maximum atomic E-state index is 10.4. The summed E-state index contributed by atoms with van der Waals surface area (Å²) in [5.41, 5.74) is 0.334. The molecule has 0 saturated carbocycles. The maximum absolute atomic E-state index is 10.4. The van der Waals surface area contributed by atoms with E-state index in [1.807, 2.05) is 0 Å². The van der Waals surface area contributed by atoms with E-state index in [1.165, 1.54) is 85.3 Å². The monoisotopic (exact) mass is 436 g/mol. The third-order valence-corrected chi connectivity index (χ3v) is 3.38. The first-order valence-corrected chi connectivity index (χ1v) is 8.53. The summed E-state index contributed by atoms with van der Waals surface area (Å²) in [7, 11) is 0. The average Bonchev–Trinajstić information content (AvgIpc) is 2.78. The molecule has 0 aliphatic heterocycles. The number of carboxylic acids is 2. The molecule has 0 aliphatic rings. The molecule has 3 rings (SSSR count). The first kappa shape index (κ1) is 24.8. The number of benzene rings is 3. The number of phenols is 2. The number of ether oxygens (including phenoxy) is 2. The number of carbonyl (C=O) groups is 2. The van der Waals surface area contributed by atoms with Gasteiger partial charge in [0.05, 0.1) is 11.1 Å². The third-order valence-electron chi connectivity index (χ3n) is 3.38. The van der Waals surface area contributed by atoms with Crippen LogP contribution in [0.2, 0.25) is 0 Å². The topological polar surface area (TPSA) is 181 Å². The average molecular weight is 436 g/mol. The van der Waals surface area contributed by atoms with Crippen molar-refractivity contribution in [3.05, 3.63) is 83.9 Å². The zero-order chi connectivity index (χ0) is 23.9. The van der Waals surface area contributed by atoms with Gasteiger partial charge in [0.15, 0.2) is 0 Å². The minimum Gasteiger partial charge on any atom is -0.508 e. The van der Waals surface area contributed by atoms with Crippen LogP contribution >= 0.6 is 0 Å². The number of nitrogens with zero attached hydrogens (tertiary/aromatic N) is 2. The zero-order valence-corrected chi connectivity index (χ0v) is 16.2. The van der Waals surface area contributed by atoms with Crippen molar-refractivity contribution in [3.63, 3.8) is 0 Å². The molecular weight excluding hydrogens is 420 g/mol. The van der Waals surface area contributed by atoms with Crippen LogP contribution < -0.4 is 9.47 Å². The molecule has 0 radical (unpaired) electrons. The summed E-state index contributed by atoms with van der Waals surface area (Å²) in [6.45, 7) is 0. The van der Waals surface area contributed by atoms with Crippen LogP contribution in [0.1, 0.15) is 20.7 Å². The Morgan fingerprint density at radius 1 is 0.594 bits per heavy atom. The zero-order valence-electron chi connectivity index (χ0n) is 16.2. The lowest BCUT2D eigenvalue weighted by atomic mass is 10.2. The van der Waals surface area contributed by atoms with Gasteiger partial charge in [-0.1, -0.05) is 0 Å². The van der Waals surface area contributed by atoms with Crippen LogP contribution in [0.15, 0.2) is 72.8 Å². The van der Waals surface area contributed by atoms with Crippen LogP contribution in [0.3, 0.4) is 0 Å². The van der Waals surface area contributed by atoms with Gasteiger partial charge in [0, 0.05) is 0 Å². The van der Waals surface area contributed by atoms with Gasteiger partial charge in [0.1, 0.15) is 23.0 Å². The summed E-state index contributed by atoms with van der Waals surface area (Å²) in [4.78, 5) is 20.7. The molecule has 0 unspecified atom stereocenters. The number of aromatic carboxylic acids is 2. The van der Waals surface area contributed by atoms with Gasteiger partial charge in [-0.05, 0) is 72.8 Å². The Bertz CT molecular complexity index is 1010. The lowest BCUT2D eigenvalue weighted by Gasteiger charge is -1.95. The van der Waals surface area contributed by atoms with Crippen molar-refractivity contribution in [2.45, 2.75) is 0 Å². The Balaban J connectivity index is 0.000000245. The third kappa shape index (κ3) is 9.32. The van der Waals surface area contributed by atoms with Crippen molar-refractivity contribution >= 4 is 11.9 Å². The highest BCUT2D eigenvalue weighted by Crippen LogP contribution is 2.13. The van der Waals surface area contributed by atoms with E-state index in [4.69, 9.17) is 30.9 Å². The van der Waals surface area contributed by atoms with Gasteiger partial charge in [-0.3, -0.25) is 0 Å². The molecule has 0 amide bonds. The molecule has 0 bridgehead atoms.